The molecule has 0 bridgehead atoms. The third-order valence-corrected chi connectivity index (χ3v) is 8.57. The summed E-state index contributed by atoms with van der Waals surface area (Å²) in [5, 5.41) is 51.2. The summed E-state index contributed by atoms with van der Waals surface area (Å²) in [6, 6.07) is 5.98. The van der Waals surface area contributed by atoms with Gasteiger partial charge in [-0.05, 0) is 43.0 Å². The van der Waals surface area contributed by atoms with Crippen LogP contribution in [0, 0.1) is 17.8 Å². The van der Waals surface area contributed by atoms with E-state index in [0.717, 1.165) is 16.7 Å². The average molecular weight is 561 g/mol. The van der Waals surface area contributed by atoms with Gasteiger partial charge in [0.2, 0.25) is 0 Å². The highest BCUT2D eigenvalue weighted by molar-refractivity contribution is 5.75. The lowest BCUT2D eigenvalue weighted by atomic mass is 9.79. The second kappa shape index (κ2) is 11.6. The monoisotopic (exact) mass is 560 g/mol. The van der Waals surface area contributed by atoms with Gasteiger partial charge in [-0.2, -0.15) is 0 Å². The maximum atomic E-state index is 12.7. The highest BCUT2D eigenvalue weighted by Gasteiger charge is 2.53. The van der Waals surface area contributed by atoms with Gasteiger partial charge in [0.1, 0.15) is 30.2 Å². The van der Waals surface area contributed by atoms with E-state index in [9.17, 15) is 35.1 Å². The molecule has 0 radical (unpaired) electrons. The topological polar surface area (TPSA) is 172 Å². The van der Waals surface area contributed by atoms with E-state index in [1.165, 1.54) is 12.1 Å². The number of ether oxygens (including phenoxy) is 4. The molecule has 2 aliphatic carbocycles. The van der Waals surface area contributed by atoms with E-state index in [2.05, 4.69) is 0 Å². The van der Waals surface area contributed by atoms with Gasteiger partial charge in [0.25, 0.3) is 0 Å². The van der Waals surface area contributed by atoms with E-state index < -0.39 is 61.4 Å². The van der Waals surface area contributed by atoms with Crippen molar-refractivity contribution in [2.75, 3.05) is 13.2 Å². The average Bonchev–Trinajstić information content (AvgIpc) is 3.45. The van der Waals surface area contributed by atoms with Gasteiger partial charge in [-0.3, -0.25) is 9.59 Å². The Morgan fingerprint density at radius 1 is 1.12 bits per heavy atom. The number of phenolic OH excluding ortho intramolecular Hbond substituents is 1. The molecule has 11 nitrogen and oxygen atoms in total. The molecule has 0 amide bonds. The summed E-state index contributed by atoms with van der Waals surface area (Å²) in [4.78, 5) is 25.2. The summed E-state index contributed by atoms with van der Waals surface area (Å²) < 4.78 is 23.0. The molecule has 10 unspecified atom stereocenters. The van der Waals surface area contributed by atoms with Crippen LogP contribution in [0.15, 0.2) is 47.1 Å². The SMILES string of the molecule is CC1=C2CC=C(COC3OC(CO)C(O)C(O)C3OC(=O)Cc3ccc(O)cc3)C2C2OC(=O)C(C)C2C(O)C1. The fourth-order valence-corrected chi connectivity index (χ4v) is 6.37. The van der Waals surface area contributed by atoms with E-state index in [0.29, 0.717) is 18.4 Å². The number of allylic oxidation sites excluding steroid dienone is 1. The van der Waals surface area contributed by atoms with Crippen molar-refractivity contribution in [3.05, 3.63) is 52.6 Å². The number of benzene rings is 1. The van der Waals surface area contributed by atoms with Crippen LogP contribution in [0.1, 0.15) is 32.3 Å². The minimum Gasteiger partial charge on any atom is -0.508 e. The molecule has 10 atom stereocenters. The highest BCUT2D eigenvalue weighted by Crippen LogP contribution is 2.49. The fourth-order valence-electron chi connectivity index (χ4n) is 6.37. The van der Waals surface area contributed by atoms with Crippen LogP contribution in [0.3, 0.4) is 0 Å². The molecular formula is C29H36O11. The number of aromatic hydroxyl groups is 1. The van der Waals surface area contributed by atoms with Crippen LogP contribution in [0.5, 0.6) is 5.75 Å². The number of carbonyl (C=O) groups excluding carboxylic acids is 2. The zero-order valence-electron chi connectivity index (χ0n) is 22.4. The van der Waals surface area contributed by atoms with E-state index >= 15 is 0 Å². The van der Waals surface area contributed by atoms with Gasteiger partial charge in [-0.1, -0.05) is 36.3 Å². The first-order chi connectivity index (χ1) is 19.1. The van der Waals surface area contributed by atoms with Crippen molar-refractivity contribution < 1.29 is 54.1 Å². The number of phenols is 1. The van der Waals surface area contributed by atoms with Crippen molar-refractivity contribution in [1.82, 2.24) is 0 Å². The molecule has 0 spiro atoms. The van der Waals surface area contributed by atoms with Crippen LogP contribution >= 0.6 is 0 Å². The second-order valence-electron chi connectivity index (χ2n) is 11.1. The predicted molar refractivity (Wildman–Crippen MR) is 137 cm³/mol. The van der Waals surface area contributed by atoms with Crippen LogP contribution in [0.2, 0.25) is 0 Å². The standard InChI is InChI=1S/C29H36O11/c1-13-9-19(32)22-14(2)28(36)40-26(22)23-16(5-8-18(13)23)12-37-29-27(25(35)24(34)20(11-30)38-29)39-21(33)10-15-3-6-17(31)7-4-15/h3-7,14,19-20,22-27,29-32,34-35H,8-12H2,1-2H3. The zero-order valence-corrected chi connectivity index (χ0v) is 22.4. The number of hydrogen-bond donors (Lipinski definition) is 5. The molecule has 5 N–H and O–H groups in total. The Kier molecular flexibility index (Phi) is 8.32. The zero-order chi connectivity index (χ0) is 28.7. The first kappa shape index (κ1) is 28.7. The Morgan fingerprint density at radius 2 is 1.85 bits per heavy atom. The Labute approximate surface area is 231 Å². The van der Waals surface area contributed by atoms with E-state index in [1.54, 1.807) is 19.1 Å². The summed E-state index contributed by atoms with van der Waals surface area (Å²) in [5.41, 5.74) is 3.48. The summed E-state index contributed by atoms with van der Waals surface area (Å²) in [6.45, 7) is 3.11. The highest BCUT2D eigenvalue weighted by atomic mass is 16.7. The quantitative estimate of drug-likeness (QED) is 0.232. The smallest absolute Gasteiger partial charge is 0.310 e. The van der Waals surface area contributed by atoms with E-state index in [-0.39, 0.29) is 36.6 Å². The number of aliphatic hydroxyl groups is 4. The summed E-state index contributed by atoms with van der Waals surface area (Å²) >= 11 is 0. The Hall–Kier alpha value is -2.80. The molecule has 2 heterocycles. The largest absolute Gasteiger partial charge is 0.508 e. The van der Waals surface area contributed by atoms with Gasteiger partial charge >= 0.3 is 11.9 Å². The predicted octanol–water partition coefficient (Wildman–Crippen LogP) is 0.507. The van der Waals surface area contributed by atoms with Crippen LogP contribution < -0.4 is 0 Å². The fraction of sp³-hybridized carbons (Fsp3) is 0.586. The number of carbonyl (C=O) groups is 2. The van der Waals surface area contributed by atoms with E-state index in [1.807, 2.05) is 13.0 Å². The molecule has 5 rings (SSSR count). The Morgan fingerprint density at radius 3 is 2.55 bits per heavy atom. The minimum atomic E-state index is -1.59. The summed E-state index contributed by atoms with van der Waals surface area (Å²) in [7, 11) is 0. The van der Waals surface area contributed by atoms with E-state index in [4.69, 9.17) is 18.9 Å². The van der Waals surface area contributed by atoms with Crippen molar-refractivity contribution >= 4 is 11.9 Å². The lowest BCUT2D eigenvalue weighted by Gasteiger charge is -2.41. The van der Waals surface area contributed by atoms with Gasteiger partial charge in [0.05, 0.1) is 31.7 Å². The van der Waals surface area contributed by atoms with Gasteiger partial charge in [0.15, 0.2) is 12.4 Å². The molecule has 0 aromatic heterocycles. The number of fused-ring (bicyclic) bond motifs is 3. The molecule has 2 fully saturated rings. The second-order valence-corrected chi connectivity index (χ2v) is 11.1. The normalized spacial score (nSPS) is 37.4. The number of esters is 2. The van der Waals surface area contributed by atoms with Crippen LogP contribution in [0.25, 0.3) is 0 Å². The van der Waals surface area contributed by atoms with Gasteiger partial charge in [0, 0.05) is 11.8 Å². The molecule has 40 heavy (non-hydrogen) atoms. The van der Waals surface area contributed by atoms with Gasteiger partial charge in [-0.25, -0.2) is 0 Å². The number of hydrogen-bond acceptors (Lipinski definition) is 11. The Bertz CT molecular complexity index is 1170. The number of aliphatic hydroxyl groups excluding tert-OH is 4. The molecule has 2 saturated heterocycles. The molecule has 4 aliphatic rings. The first-order valence-corrected chi connectivity index (χ1v) is 13.6. The molecule has 218 valence electrons. The van der Waals surface area contributed by atoms with Crippen LogP contribution in [0.4, 0.5) is 0 Å². The van der Waals surface area contributed by atoms with Gasteiger partial charge < -0.3 is 44.5 Å². The molecule has 11 heteroatoms. The maximum absolute atomic E-state index is 12.7. The van der Waals surface area contributed by atoms with Crippen molar-refractivity contribution in [3.63, 3.8) is 0 Å². The third-order valence-electron chi connectivity index (χ3n) is 8.57. The molecule has 2 aliphatic heterocycles. The maximum Gasteiger partial charge on any atom is 0.310 e. The molecule has 1 aromatic carbocycles. The molecular weight excluding hydrogens is 524 g/mol. The van der Waals surface area contributed by atoms with Gasteiger partial charge in [-0.15, -0.1) is 0 Å². The van der Waals surface area contributed by atoms with Crippen LogP contribution in [-0.4, -0.2) is 93.6 Å². The minimum absolute atomic E-state index is 0.0235. The third kappa shape index (κ3) is 5.41. The van der Waals surface area contributed by atoms with Crippen molar-refractivity contribution in [1.29, 1.82) is 0 Å². The lowest BCUT2D eigenvalue weighted by molar-refractivity contribution is -0.302. The summed E-state index contributed by atoms with van der Waals surface area (Å²) in [5.74, 6) is -2.13. The molecule has 1 aromatic rings. The van der Waals surface area contributed by atoms with Crippen molar-refractivity contribution in [2.45, 2.75) is 76.0 Å². The first-order valence-electron chi connectivity index (χ1n) is 13.6. The molecule has 0 saturated carbocycles. The van der Waals surface area contributed by atoms with Crippen molar-refractivity contribution in [3.8, 4) is 5.75 Å². The van der Waals surface area contributed by atoms with Crippen LogP contribution in [-0.2, 0) is 35.0 Å². The summed E-state index contributed by atoms with van der Waals surface area (Å²) in [6.07, 6.45) is -5.39. The Balaban J connectivity index is 1.32. The number of rotatable bonds is 7. The lowest BCUT2D eigenvalue weighted by Crippen LogP contribution is -2.60. The van der Waals surface area contributed by atoms with Crippen molar-refractivity contribution in [2.24, 2.45) is 17.8 Å².